The van der Waals surface area contributed by atoms with Crippen molar-refractivity contribution in [2.24, 2.45) is 27.9 Å². The highest BCUT2D eigenvalue weighted by molar-refractivity contribution is 5.96. The molecule has 0 bridgehead atoms. The van der Waals surface area contributed by atoms with E-state index in [4.69, 9.17) is 28.0 Å². The number of carboxylic acid groups (broad SMARTS) is 2. The van der Waals surface area contributed by atoms with Gasteiger partial charge in [-0.2, -0.15) is 0 Å². The van der Waals surface area contributed by atoms with Gasteiger partial charge in [0.15, 0.2) is 5.96 Å². The van der Waals surface area contributed by atoms with Gasteiger partial charge in [0.25, 0.3) is 0 Å². The van der Waals surface area contributed by atoms with Crippen molar-refractivity contribution in [1.82, 2.24) is 16.0 Å². The molecule has 4 atom stereocenters. The predicted octanol–water partition coefficient (Wildman–Crippen LogP) is -4.33. The van der Waals surface area contributed by atoms with E-state index < -0.39 is 72.6 Å². The molecule has 0 aromatic rings. The molecule has 0 saturated heterocycles. The second-order valence-electron chi connectivity index (χ2n) is 7.36. The minimum Gasteiger partial charge on any atom is -0.481 e. The van der Waals surface area contributed by atoms with E-state index in [2.05, 4.69) is 20.9 Å². The van der Waals surface area contributed by atoms with Crippen molar-refractivity contribution in [2.45, 2.75) is 63.2 Å². The fourth-order valence-corrected chi connectivity index (χ4v) is 2.56. The lowest BCUT2D eigenvalue weighted by Gasteiger charge is -2.24. The molecule has 0 aliphatic carbocycles. The topological polar surface area (TPSA) is 295 Å². The molecule has 16 heteroatoms. The van der Waals surface area contributed by atoms with Gasteiger partial charge in [0, 0.05) is 13.0 Å². The zero-order valence-electron chi connectivity index (χ0n) is 18.7. The number of nitrogens with two attached hydrogens (primary N) is 4. The molecular weight excluding hydrogens is 456 g/mol. The second kappa shape index (κ2) is 15.0. The fourth-order valence-electron chi connectivity index (χ4n) is 2.56. The van der Waals surface area contributed by atoms with Crippen LogP contribution in [0.25, 0.3) is 0 Å². The number of aliphatic imine (C=N–C) groups is 1. The molecule has 0 spiro atoms. The molecule has 13 N–H and O–H groups in total. The summed E-state index contributed by atoms with van der Waals surface area (Å²) in [6, 6.07) is -5.40. The normalized spacial score (nSPS) is 13.9. The van der Waals surface area contributed by atoms with Gasteiger partial charge in [0.2, 0.25) is 23.6 Å². The zero-order chi connectivity index (χ0) is 26.4. The quantitative estimate of drug-likeness (QED) is 0.0568. The Hall–Kier alpha value is -3.95. The predicted molar refractivity (Wildman–Crippen MR) is 118 cm³/mol. The highest BCUT2D eigenvalue weighted by Crippen LogP contribution is 2.04. The van der Waals surface area contributed by atoms with Gasteiger partial charge in [-0.05, 0) is 26.2 Å². The van der Waals surface area contributed by atoms with Gasteiger partial charge >= 0.3 is 11.9 Å². The van der Waals surface area contributed by atoms with Gasteiger partial charge in [-0.15, -0.1) is 0 Å². The van der Waals surface area contributed by atoms with E-state index in [-0.39, 0.29) is 31.8 Å². The van der Waals surface area contributed by atoms with Crippen LogP contribution in [-0.4, -0.2) is 82.5 Å². The van der Waals surface area contributed by atoms with Crippen molar-refractivity contribution in [1.29, 1.82) is 0 Å². The number of carbonyl (C=O) groups is 6. The molecule has 4 unspecified atom stereocenters. The number of nitrogens with zero attached hydrogens (tertiary/aromatic N) is 1. The molecule has 0 saturated carbocycles. The van der Waals surface area contributed by atoms with Crippen molar-refractivity contribution in [3.05, 3.63) is 0 Å². The van der Waals surface area contributed by atoms with Crippen LogP contribution in [0.1, 0.15) is 39.0 Å². The standard InChI is InChI=1S/C18H32N8O8/c1-8(19)14(30)24-9(4-5-13(28)29)15(31)26-11(7-12(20)27)16(32)25-10(17(33)34)3-2-6-23-18(21)22/h8-11H,2-7,19H2,1H3,(H2,20,27)(H,24,30)(H,25,32)(H,26,31)(H,28,29)(H,33,34)(H4,21,22,23). The van der Waals surface area contributed by atoms with Crippen LogP contribution in [0.2, 0.25) is 0 Å². The average Bonchev–Trinajstić information content (AvgIpc) is 2.71. The first kappa shape index (κ1) is 30.0. The van der Waals surface area contributed by atoms with Gasteiger partial charge in [-0.25, -0.2) is 4.79 Å². The van der Waals surface area contributed by atoms with E-state index in [9.17, 15) is 33.9 Å². The number of carboxylic acids is 2. The molecule has 0 aliphatic rings. The lowest BCUT2D eigenvalue weighted by Crippen LogP contribution is -2.57. The van der Waals surface area contributed by atoms with E-state index in [0.717, 1.165) is 0 Å². The number of nitrogens with one attached hydrogen (secondary N) is 3. The van der Waals surface area contributed by atoms with Gasteiger partial charge in [0.1, 0.15) is 18.1 Å². The summed E-state index contributed by atoms with van der Waals surface area (Å²) in [5.41, 5.74) is 20.9. The third-order valence-electron chi connectivity index (χ3n) is 4.29. The Kier molecular flexibility index (Phi) is 13.2. The van der Waals surface area contributed by atoms with Crippen molar-refractivity contribution < 1.29 is 39.0 Å². The Bertz CT molecular complexity index is 797. The Morgan fingerprint density at radius 2 is 1.35 bits per heavy atom. The fraction of sp³-hybridized carbons (Fsp3) is 0.611. The maximum Gasteiger partial charge on any atom is 0.326 e. The number of amides is 4. The number of hydrogen-bond acceptors (Lipinski definition) is 8. The summed E-state index contributed by atoms with van der Waals surface area (Å²) in [5, 5.41) is 24.9. The first-order chi connectivity index (χ1) is 15.7. The Morgan fingerprint density at radius 3 is 1.82 bits per heavy atom. The molecule has 0 heterocycles. The van der Waals surface area contributed by atoms with Crippen LogP contribution < -0.4 is 38.9 Å². The molecular formula is C18H32N8O8. The molecule has 0 aromatic carbocycles. The summed E-state index contributed by atoms with van der Waals surface area (Å²) in [7, 11) is 0. The molecule has 0 radical (unpaired) electrons. The summed E-state index contributed by atoms with van der Waals surface area (Å²) < 4.78 is 0. The van der Waals surface area contributed by atoms with Crippen LogP contribution in [0.15, 0.2) is 4.99 Å². The van der Waals surface area contributed by atoms with Gasteiger partial charge in [0.05, 0.1) is 12.5 Å². The number of rotatable bonds is 16. The first-order valence-corrected chi connectivity index (χ1v) is 10.2. The number of aliphatic carboxylic acids is 2. The smallest absolute Gasteiger partial charge is 0.326 e. The lowest BCUT2D eigenvalue weighted by molar-refractivity contribution is -0.142. The minimum atomic E-state index is -1.59. The Balaban J connectivity index is 5.44. The molecule has 0 rings (SSSR count). The monoisotopic (exact) mass is 488 g/mol. The molecule has 0 fully saturated rings. The maximum absolute atomic E-state index is 12.7. The SMILES string of the molecule is CC(N)C(=O)NC(CCC(=O)O)C(=O)NC(CC(N)=O)C(=O)NC(CCCN=C(N)N)C(=O)O. The molecule has 16 nitrogen and oxygen atoms in total. The minimum absolute atomic E-state index is 0.0687. The molecule has 4 amide bonds. The van der Waals surface area contributed by atoms with Crippen LogP contribution in [0.3, 0.4) is 0 Å². The van der Waals surface area contributed by atoms with Crippen LogP contribution in [0, 0.1) is 0 Å². The summed E-state index contributed by atoms with van der Waals surface area (Å²) in [4.78, 5) is 74.6. The number of primary amides is 1. The maximum atomic E-state index is 12.7. The third-order valence-corrected chi connectivity index (χ3v) is 4.29. The van der Waals surface area contributed by atoms with E-state index in [1.165, 1.54) is 6.92 Å². The number of carbonyl (C=O) groups excluding carboxylic acids is 4. The summed E-state index contributed by atoms with van der Waals surface area (Å²) in [6.45, 7) is 1.44. The zero-order valence-corrected chi connectivity index (χ0v) is 18.7. The van der Waals surface area contributed by atoms with Crippen molar-refractivity contribution in [2.75, 3.05) is 6.54 Å². The summed E-state index contributed by atoms with van der Waals surface area (Å²) in [6.07, 6.45) is -1.40. The summed E-state index contributed by atoms with van der Waals surface area (Å²) in [5.74, 6) is -6.58. The van der Waals surface area contributed by atoms with Gasteiger partial charge < -0.3 is 49.1 Å². The average molecular weight is 489 g/mol. The number of hydrogen-bond donors (Lipinski definition) is 9. The second-order valence-corrected chi connectivity index (χ2v) is 7.36. The first-order valence-electron chi connectivity index (χ1n) is 10.2. The van der Waals surface area contributed by atoms with Gasteiger partial charge in [-0.3, -0.25) is 29.0 Å². The molecule has 192 valence electrons. The van der Waals surface area contributed by atoms with E-state index in [1.54, 1.807) is 0 Å². The van der Waals surface area contributed by atoms with E-state index in [1.807, 2.05) is 0 Å². The summed E-state index contributed by atoms with van der Waals surface area (Å²) >= 11 is 0. The van der Waals surface area contributed by atoms with Crippen molar-refractivity contribution >= 4 is 41.5 Å². The number of guanidine groups is 1. The van der Waals surface area contributed by atoms with Crippen molar-refractivity contribution in [3.63, 3.8) is 0 Å². The van der Waals surface area contributed by atoms with Crippen LogP contribution in [0.5, 0.6) is 0 Å². The van der Waals surface area contributed by atoms with E-state index >= 15 is 0 Å². The third kappa shape index (κ3) is 12.8. The molecule has 34 heavy (non-hydrogen) atoms. The largest absolute Gasteiger partial charge is 0.481 e. The van der Waals surface area contributed by atoms with E-state index in [0.29, 0.717) is 0 Å². The van der Waals surface area contributed by atoms with Gasteiger partial charge in [-0.1, -0.05) is 0 Å². The Labute approximate surface area is 194 Å². The molecule has 0 aromatic heterocycles. The lowest BCUT2D eigenvalue weighted by atomic mass is 10.1. The van der Waals surface area contributed by atoms with Crippen LogP contribution in [0.4, 0.5) is 0 Å². The molecule has 0 aliphatic heterocycles. The Morgan fingerprint density at radius 1 is 0.824 bits per heavy atom. The highest BCUT2D eigenvalue weighted by atomic mass is 16.4. The van der Waals surface area contributed by atoms with Crippen molar-refractivity contribution in [3.8, 4) is 0 Å². The van der Waals surface area contributed by atoms with Crippen LogP contribution >= 0.6 is 0 Å². The van der Waals surface area contributed by atoms with Crippen LogP contribution in [-0.2, 0) is 28.8 Å². The highest BCUT2D eigenvalue weighted by Gasteiger charge is 2.31.